The van der Waals surface area contributed by atoms with Crippen molar-refractivity contribution in [1.82, 2.24) is 9.78 Å². The van der Waals surface area contributed by atoms with Gasteiger partial charge in [-0.25, -0.2) is 13.1 Å². The van der Waals surface area contributed by atoms with Crippen molar-refractivity contribution in [3.05, 3.63) is 57.5 Å². The number of aryl methyl sites for hydroxylation is 2. The van der Waals surface area contributed by atoms with Crippen LogP contribution in [0.15, 0.2) is 35.1 Å². The second kappa shape index (κ2) is 5.76. The van der Waals surface area contributed by atoms with Gasteiger partial charge in [-0.2, -0.15) is 0 Å². The molecule has 0 unspecified atom stereocenters. The summed E-state index contributed by atoms with van der Waals surface area (Å²) >= 11 is 0. The van der Waals surface area contributed by atoms with Crippen LogP contribution in [0.4, 0.5) is 0 Å². The molecule has 2 aromatic rings. The first-order chi connectivity index (χ1) is 10.5. The van der Waals surface area contributed by atoms with Crippen LogP contribution in [0, 0.1) is 6.92 Å². The summed E-state index contributed by atoms with van der Waals surface area (Å²) in [6.45, 7) is 1.88. The highest BCUT2D eigenvalue weighted by molar-refractivity contribution is 7.91. The topological polar surface area (TPSA) is 71.9 Å². The van der Waals surface area contributed by atoms with Crippen LogP contribution in [-0.2, 0) is 22.7 Å². The fourth-order valence-electron chi connectivity index (χ4n) is 3.05. The largest absolute Gasteiger partial charge is 0.299 e. The zero-order valence-corrected chi connectivity index (χ0v) is 13.4. The molecule has 2 heterocycles. The molecule has 0 bridgehead atoms. The summed E-state index contributed by atoms with van der Waals surface area (Å²) in [4.78, 5) is 12.5. The summed E-state index contributed by atoms with van der Waals surface area (Å²) in [6, 6.07) is 9.79. The van der Waals surface area contributed by atoms with Gasteiger partial charge in [0.1, 0.15) is 0 Å². The smallest absolute Gasteiger partial charge is 0.270 e. The molecule has 1 N–H and O–H groups in total. The Bertz CT molecular complexity index is 819. The van der Waals surface area contributed by atoms with E-state index in [1.807, 2.05) is 37.3 Å². The van der Waals surface area contributed by atoms with E-state index in [2.05, 4.69) is 5.10 Å². The molecule has 1 aliphatic rings. The van der Waals surface area contributed by atoms with Gasteiger partial charge in [0.2, 0.25) is 0 Å². The van der Waals surface area contributed by atoms with E-state index in [4.69, 9.17) is 0 Å². The van der Waals surface area contributed by atoms with Crippen molar-refractivity contribution >= 4 is 9.84 Å². The predicted molar refractivity (Wildman–Crippen MR) is 85.9 cm³/mol. The Labute approximate surface area is 129 Å². The first-order valence-electron chi connectivity index (χ1n) is 7.50. The zero-order valence-electron chi connectivity index (χ0n) is 12.6. The number of hydrogen-bond donors (Lipinski definition) is 1. The standard InChI is InChI=1S/C16H20N2O3S/c1-12-15(8-7-13-5-3-2-4-6-13)16(19)18(17-12)14-9-10-22(20,21)11-14/h2-6,14,17H,7-11H2,1H3/t14-/m1/s1. The highest BCUT2D eigenvalue weighted by Crippen LogP contribution is 2.22. The van der Waals surface area contributed by atoms with E-state index in [9.17, 15) is 13.2 Å². The van der Waals surface area contributed by atoms with Crippen LogP contribution in [-0.4, -0.2) is 29.7 Å². The molecule has 1 atom stereocenters. The summed E-state index contributed by atoms with van der Waals surface area (Å²) < 4.78 is 24.7. The normalized spacial score (nSPS) is 20.3. The molecule has 1 aromatic carbocycles. The molecule has 1 aliphatic heterocycles. The second-order valence-corrected chi connectivity index (χ2v) is 8.16. The minimum atomic E-state index is -3.00. The third-order valence-corrected chi connectivity index (χ3v) is 6.05. The van der Waals surface area contributed by atoms with Crippen molar-refractivity contribution in [2.24, 2.45) is 0 Å². The Kier molecular flexibility index (Phi) is 3.95. The van der Waals surface area contributed by atoms with E-state index in [1.165, 1.54) is 10.2 Å². The fourth-order valence-corrected chi connectivity index (χ4v) is 4.75. The highest BCUT2D eigenvalue weighted by Gasteiger charge is 2.31. The van der Waals surface area contributed by atoms with E-state index in [0.29, 0.717) is 12.8 Å². The number of nitrogens with zero attached hydrogens (tertiary/aromatic N) is 1. The maximum Gasteiger partial charge on any atom is 0.270 e. The van der Waals surface area contributed by atoms with Crippen LogP contribution >= 0.6 is 0 Å². The first-order valence-corrected chi connectivity index (χ1v) is 9.33. The zero-order chi connectivity index (χ0) is 15.7. The third-order valence-electron chi connectivity index (χ3n) is 4.30. The SMILES string of the molecule is Cc1[nH]n([C@@H]2CCS(=O)(=O)C2)c(=O)c1CCc1ccccc1. The Morgan fingerprint density at radius 1 is 1.23 bits per heavy atom. The Morgan fingerprint density at radius 3 is 2.59 bits per heavy atom. The molecule has 0 saturated carbocycles. The molecule has 5 nitrogen and oxygen atoms in total. The average molecular weight is 320 g/mol. The molecular formula is C16H20N2O3S. The van der Waals surface area contributed by atoms with Crippen molar-refractivity contribution in [3.8, 4) is 0 Å². The van der Waals surface area contributed by atoms with Gasteiger partial charge < -0.3 is 0 Å². The molecule has 22 heavy (non-hydrogen) atoms. The van der Waals surface area contributed by atoms with Gasteiger partial charge >= 0.3 is 0 Å². The lowest BCUT2D eigenvalue weighted by Gasteiger charge is -2.07. The minimum Gasteiger partial charge on any atom is -0.299 e. The summed E-state index contributed by atoms with van der Waals surface area (Å²) in [5, 5.41) is 3.07. The quantitative estimate of drug-likeness (QED) is 0.930. The van der Waals surface area contributed by atoms with Gasteiger partial charge in [-0.1, -0.05) is 30.3 Å². The molecular weight excluding hydrogens is 300 g/mol. The van der Waals surface area contributed by atoms with Crippen molar-refractivity contribution in [3.63, 3.8) is 0 Å². The van der Waals surface area contributed by atoms with E-state index in [-0.39, 0.29) is 23.1 Å². The van der Waals surface area contributed by atoms with Crippen LogP contribution in [0.1, 0.15) is 29.3 Å². The van der Waals surface area contributed by atoms with Gasteiger partial charge in [-0.05, 0) is 31.7 Å². The maximum absolute atomic E-state index is 12.5. The lowest BCUT2D eigenvalue weighted by atomic mass is 10.1. The second-order valence-electron chi connectivity index (χ2n) is 5.93. The van der Waals surface area contributed by atoms with Crippen LogP contribution in [0.25, 0.3) is 0 Å². The van der Waals surface area contributed by atoms with Gasteiger partial charge in [0, 0.05) is 11.3 Å². The van der Waals surface area contributed by atoms with E-state index >= 15 is 0 Å². The fraction of sp³-hybridized carbons (Fsp3) is 0.438. The average Bonchev–Trinajstić information content (AvgIpc) is 2.98. The molecule has 6 heteroatoms. The van der Waals surface area contributed by atoms with Crippen LogP contribution in [0.2, 0.25) is 0 Å². The van der Waals surface area contributed by atoms with Crippen molar-refractivity contribution in [1.29, 1.82) is 0 Å². The number of aromatic nitrogens is 2. The van der Waals surface area contributed by atoms with Crippen LogP contribution < -0.4 is 5.56 Å². The number of benzene rings is 1. The highest BCUT2D eigenvalue weighted by atomic mass is 32.2. The van der Waals surface area contributed by atoms with Crippen LogP contribution in [0.3, 0.4) is 0 Å². The molecule has 1 saturated heterocycles. The molecule has 118 valence electrons. The summed E-state index contributed by atoms with van der Waals surface area (Å²) in [5.74, 6) is 0.229. The number of H-pyrrole nitrogens is 1. The van der Waals surface area contributed by atoms with E-state index in [0.717, 1.165) is 17.7 Å². The minimum absolute atomic E-state index is 0.0605. The number of rotatable bonds is 4. The number of hydrogen-bond acceptors (Lipinski definition) is 3. The number of nitrogens with one attached hydrogen (secondary N) is 1. The first kappa shape index (κ1) is 15.1. The molecule has 0 amide bonds. The van der Waals surface area contributed by atoms with Crippen molar-refractivity contribution in [2.75, 3.05) is 11.5 Å². The molecule has 0 spiro atoms. The summed E-state index contributed by atoms with van der Waals surface area (Å²) in [5.41, 5.74) is 2.71. The van der Waals surface area contributed by atoms with Crippen molar-refractivity contribution < 1.29 is 8.42 Å². The van der Waals surface area contributed by atoms with Gasteiger partial charge in [0.15, 0.2) is 9.84 Å². The van der Waals surface area contributed by atoms with Gasteiger partial charge in [-0.15, -0.1) is 0 Å². The molecule has 3 rings (SSSR count). The third kappa shape index (κ3) is 3.02. The lowest BCUT2D eigenvalue weighted by molar-refractivity contribution is 0.483. The number of sulfone groups is 1. The summed E-state index contributed by atoms with van der Waals surface area (Å²) in [6.07, 6.45) is 1.98. The van der Waals surface area contributed by atoms with E-state index < -0.39 is 9.84 Å². The number of aromatic amines is 1. The molecule has 0 aliphatic carbocycles. The predicted octanol–water partition coefficient (Wildman–Crippen LogP) is 1.63. The van der Waals surface area contributed by atoms with Gasteiger partial charge in [-0.3, -0.25) is 9.89 Å². The Balaban J connectivity index is 1.80. The van der Waals surface area contributed by atoms with Crippen molar-refractivity contribution in [2.45, 2.75) is 32.2 Å². The maximum atomic E-state index is 12.5. The Morgan fingerprint density at radius 2 is 1.95 bits per heavy atom. The molecule has 0 radical (unpaired) electrons. The van der Waals surface area contributed by atoms with E-state index in [1.54, 1.807) is 0 Å². The van der Waals surface area contributed by atoms with Gasteiger partial charge in [0.25, 0.3) is 5.56 Å². The monoisotopic (exact) mass is 320 g/mol. The van der Waals surface area contributed by atoms with Gasteiger partial charge in [0.05, 0.1) is 17.5 Å². The molecule has 1 aromatic heterocycles. The Hall–Kier alpha value is -1.82. The lowest BCUT2D eigenvalue weighted by Crippen LogP contribution is -2.25. The molecule has 1 fully saturated rings. The summed E-state index contributed by atoms with van der Waals surface area (Å²) in [7, 11) is -3.00. The van der Waals surface area contributed by atoms with Crippen LogP contribution in [0.5, 0.6) is 0 Å².